The molecule has 3 aromatic rings. The minimum Gasteiger partial charge on any atom is -0.422 e. The summed E-state index contributed by atoms with van der Waals surface area (Å²) in [6.45, 7) is 0. The first-order valence-corrected chi connectivity index (χ1v) is 5.69. The van der Waals surface area contributed by atoms with Gasteiger partial charge in [-0.1, -0.05) is 41.9 Å². The van der Waals surface area contributed by atoms with Gasteiger partial charge < -0.3 is 4.42 Å². The summed E-state index contributed by atoms with van der Waals surface area (Å²) in [7, 11) is 0. The summed E-state index contributed by atoms with van der Waals surface area (Å²) in [4.78, 5) is 22.4. The quantitative estimate of drug-likeness (QED) is 0.382. The van der Waals surface area contributed by atoms with E-state index in [-0.39, 0.29) is 10.6 Å². The fourth-order valence-corrected chi connectivity index (χ4v) is 2.36. The Kier molecular flexibility index (Phi) is 2.42. The molecule has 0 atom stereocenters. The molecule has 2 aromatic carbocycles. The van der Waals surface area contributed by atoms with Gasteiger partial charge in [-0.15, -0.1) is 0 Å². The second-order valence-corrected chi connectivity index (χ2v) is 4.27. The van der Waals surface area contributed by atoms with Crippen LogP contribution < -0.4 is 5.63 Å². The Morgan fingerprint density at radius 2 is 1.89 bits per heavy atom. The van der Waals surface area contributed by atoms with Crippen LogP contribution in [-0.2, 0) is 0 Å². The number of rotatable bonds is 1. The van der Waals surface area contributed by atoms with Gasteiger partial charge in [0, 0.05) is 5.39 Å². The van der Waals surface area contributed by atoms with E-state index in [9.17, 15) is 9.59 Å². The Morgan fingerprint density at radius 3 is 2.67 bits per heavy atom. The Labute approximate surface area is 107 Å². The molecule has 88 valence electrons. The van der Waals surface area contributed by atoms with Gasteiger partial charge in [0.25, 0.3) is 0 Å². The summed E-state index contributed by atoms with van der Waals surface area (Å²) in [5.41, 5.74) is -0.465. The molecule has 4 heteroatoms. The molecule has 0 aliphatic heterocycles. The third-order valence-corrected chi connectivity index (χ3v) is 3.28. The van der Waals surface area contributed by atoms with E-state index in [1.54, 1.807) is 6.07 Å². The smallest absolute Gasteiger partial charge is 0.348 e. The van der Waals surface area contributed by atoms with E-state index in [2.05, 4.69) is 0 Å². The molecule has 0 bridgehead atoms. The minimum absolute atomic E-state index is 0.138. The summed E-state index contributed by atoms with van der Waals surface area (Å²) in [5, 5.41) is 2.56. The van der Waals surface area contributed by atoms with Crippen molar-refractivity contribution in [2.24, 2.45) is 0 Å². The van der Waals surface area contributed by atoms with Crippen molar-refractivity contribution in [3.8, 4) is 0 Å². The van der Waals surface area contributed by atoms with E-state index in [0.29, 0.717) is 17.3 Å². The Morgan fingerprint density at radius 1 is 1.11 bits per heavy atom. The molecule has 3 nitrogen and oxygen atoms in total. The lowest BCUT2D eigenvalue weighted by Crippen LogP contribution is -2.07. The van der Waals surface area contributed by atoms with Gasteiger partial charge in [0.2, 0.25) is 0 Å². The van der Waals surface area contributed by atoms with Gasteiger partial charge >= 0.3 is 5.63 Å². The highest BCUT2D eigenvalue weighted by molar-refractivity contribution is 6.39. The summed E-state index contributed by atoms with van der Waals surface area (Å²) in [6, 6.07) is 11.1. The largest absolute Gasteiger partial charge is 0.422 e. The molecule has 0 unspecified atom stereocenters. The third-order valence-electron chi connectivity index (χ3n) is 2.89. The molecule has 0 saturated heterocycles. The van der Waals surface area contributed by atoms with Crippen molar-refractivity contribution < 1.29 is 9.21 Å². The van der Waals surface area contributed by atoms with E-state index in [4.69, 9.17) is 16.0 Å². The minimum atomic E-state index is -0.710. The number of hydrogen-bond donors (Lipinski definition) is 0. The van der Waals surface area contributed by atoms with Crippen molar-refractivity contribution >= 4 is 39.6 Å². The lowest BCUT2D eigenvalue weighted by Gasteiger charge is -2.05. The number of carbonyl (C=O) groups is 1. The Hall–Kier alpha value is -2.13. The number of benzene rings is 2. The van der Waals surface area contributed by atoms with Crippen LogP contribution >= 0.6 is 11.6 Å². The molecular formula is C14H7ClO3. The average molecular weight is 259 g/mol. The summed E-state index contributed by atoms with van der Waals surface area (Å²) in [5.74, 6) is 0. The van der Waals surface area contributed by atoms with E-state index in [0.717, 1.165) is 10.8 Å². The third kappa shape index (κ3) is 1.45. The van der Waals surface area contributed by atoms with E-state index < -0.39 is 5.63 Å². The van der Waals surface area contributed by atoms with Crippen molar-refractivity contribution in [3.05, 3.63) is 57.4 Å². The topological polar surface area (TPSA) is 47.3 Å². The van der Waals surface area contributed by atoms with E-state index >= 15 is 0 Å². The van der Waals surface area contributed by atoms with Crippen molar-refractivity contribution in [3.63, 3.8) is 0 Å². The highest BCUT2D eigenvalue weighted by Gasteiger charge is 2.14. The molecule has 1 aromatic heterocycles. The van der Waals surface area contributed by atoms with Gasteiger partial charge in [0.15, 0.2) is 6.29 Å². The molecule has 0 fully saturated rings. The maximum atomic E-state index is 11.5. The highest BCUT2D eigenvalue weighted by Crippen LogP contribution is 2.31. The molecule has 0 N–H and O–H groups in total. The first-order valence-electron chi connectivity index (χ1n) is 5.31. The van der Waals surface area contributed by atoms with Crippen LogP contribution in [0, 0.1) is 0 Å². The van der Waals surface area contributed by atoms with Crippen LogP contribution in [0.5, 0.6) is 0 Å². The maximum Gasteiger partial charge on any atom is 0.348 e. The molecule has 3 rings (SSSR count). The maximum absolute atomic E-state index is 11.5. The lowest BCUT2D eigenvalue weighted by molar-refractivity contribution is 0.112. The fraction of sp³-hybridized carbons (Fsp3) is 0. The number of carbonyl (C=O) groups excluding carboxylic acids is 1. The zero-order valence-electron chi connectivity index (χ0n) is 9.14. The van der Waals surface area contributed by atoms with Gasteiger partial charge in [-0.25, -0.2) is 4.79 Å². The van der Waals surface area contributed by atoms with Crippen LogP contribution in [-0.4, -0.2) is 6.29 Å². The second kappa shape index (κ2) is 3.96. The number of aldehydes is 1. The molecule has 0 radical (unpaired) electrons. The zero-order chi connectivity index (χ0) is 12.7. The molecule has 0 aliphatic carbocycles. The van der Waals surface area contributed by atoms with Gasteiger partial charge in [-0.05, 0) is 16.8 Å². The van der Waals surface area contributed by atoms with Crippen LogP contribution in [0.15, 0.2) is 45.6 Å². The zero-order valence-corrected chi connectivity index (χ0v) is 9.90. The lowest BCUT2D eigenvalue weighted by atomic mass is 10.0. The van der Waals surface area contributed by atoms with Crippen LogP contribution in [0.4, 0.5) is 0 Å². The van der Waals surface area contributed by atoms with Gasteiger partial charge in [0.1, 0.15) is 11.1 Å². The molecule has 1 heterocycles. The summed E-state index contributed by atoms with van der Waals surface area (Å²) >= 11 is 6.13. The predicted molar refractivity (Wildman–Crippen MR) is 70.4 cm³/mol. The van der Waals surface area contributed by atoms with Crippen LogP contribution in [0.1, 0.15) is 10.4 Å². The Balaban J connectivity index is 2.65. The van der Waals surface area contributed by atoms with E-state index in [1.807, 2.05) is 30.3 Å². The molecule has 0 spiro atoms. The standard InChI is InChI=1S/C14H7ClO3/c15-13-10(7-16)14(17)18-11-6-5-8-3-1-2-4-9(8)12(11)13/h1-7H. The van der Waals surface area contributed by atoms with Gasteiger partial charge in [-0.2, -0.15) is 0 Å². The fourth-order valence-electron chi connectivity index (χ4n) is 2.04. The molecule has 0 amide bonds. The van der Waals surface area contributed by atoms with Crippen molar-refractivity contribution in [1.82, 2.24) is 0 Å². The second-order valence-electron chi connectivity index (χ2n) is 3.89. The number of halogens is 1. The van der Waals surface area contributed by atoms with Crippen LogP contribution in [0.3, 0.4) is 0 Å². The first-order chi connectivity index (χ1) is 8.72. The van der Waals surface area contributed by atoms with Crippen molar-refractivity contribution in [2.75, 3.05) is 0 Å². The molecule has 18 heavy (non-hydrogen) atoms. The van der Waals surface area contributed by atoms with E-state index in [1.165, 1.54) is 0 Å². The predicted octanol–water partition coefficient (Wildman–Crippen LogP) is 3.41. The van der Waals surface area contributed by atoms with Crippen molar-refractivity contribution in [2.45, 2.75) is 0 Å². The molecular weight excluding hydrogens is 252 g/mol. The summed E-state index contributed by atoms with van der Waals surface area (Å²) < 4.78 is 5.10. The Bertz CT molecular complexity index is 833. The van der Waals surface area contributed by atoms with Crippen LogP contribution in [0.25, 0.3) is 21.7 Å². The summed E-state index contributed by atoms with van der Waals surface area (Å²) in [6.07, 6.45) is 0.426. The SMILES string of the molecule is O=Cc1c(Cl)c2c(ccc3ccccc32)oc1=O. The number of hydrogen-bond acceptors (Lipinski definition) is 3. The van der Waals surface area contributed by atoms with Gasteiger partial charge in [0.05, 0.1) is 5.02 Å². The highest BCUT2D eigenvalue weighted by atomic mass is 35.5. The normalized spacial score (nSPS) is 10.9. The average Bonchev–Trinajstić information content (AvgIpc) is 2.38. The van der Waals surface area contributed by atoms with Crippen LogP contribution in [0.2, 0.25) is 5.02 Å². The molecule has 0 aliphatic rings. The number of fused-ring (bicyclic) bond motifs is 3. The first kappa shape index (κ1) is 11.0. The molecule has 0 saturated carbocycles. The van der Waals surface area contributed by atoms with Gasteiger partial charge in [-0.3, -0.25) is 4.79 Å². The monoisotopic (exact) mass is 258 g/mol. The van der Waals surface area contributed by atoms with Crippen molar-refractivity contribution in [1.29, 1.82) is 0 Å².